The van der Waals surface area contributed by atoms with E-state index in [0.29, 0.717) is 45.9 Å². The molecular formula is C44H66N8O8. The molecule has 5 aliphatic rings. The molecule has 60 heavy (non-hydrogen) atoms. The maximum absolute atomic E-state index is 13.8. The van der Waals surface area contributed by atoms with E-state index in [1.807, 2.05) is 49.9 Å². The summed E-state index contributed by atoms with van der Waals surface area (Å²) in [5, 5.41) is 2.72. The van der Waals surface area contributed by atoms with Gasteiger partial charge in [0, 0.05) is 39.4 Å². The van der Waals surface area contributed by atoms with Crippen molar-refractivity contribution in [3.63, 3.8) is 0 Å². The van der Waals surface area contributed by atoms with Crippen LogP contribution in [0.3, 0.4) is 0 Å². The molecule has 3 aliphatic heterocycles. The van der Waals surface area contributed by atoms with E-state index in [1.54, 1.807) is 14.2 Å². The first-order chi connectivity index (χ1) is 28.9. The molecule has 2 aliphatic carbocycles. The van der Waals surface area contributed by atoms with Crippen molar-refractivity contribution in [2.75, 3.05) is 60.8 Å². The molecule has 3 amide bonds. The zero-order valence-corrected chi connectivity index (χ0v) is 36.5. The molecule has 4 N–H and O–H groups in total. The zero-order chi connectivity index (χ0) is 42.9. The lowest BCUT2D eigenvalue weighted by molar-refractivity contribution is -0.136. The molecule has 7 atom stereocenters. The number of nitrogens with two attached hydrogens (primary N) is 1. The van der Waals surface area contributed by atoms with Gasteiger partial charge in [-0.05, 0) is 86.0 Å². The van der Waals surface area contributed by atoms with Gasteiger partial charge in [-0.1, -0.05) is 33.8 Å². The van der Waals surface area contributed by atoms with E-state index in [4.69, 9.17) is 44.4 Å². The summed E-state index contributed by atoms with van der Waals surface area (Å²) in [5.41, 5.74) is 11.4. The minimum Gasteiger partial charge on any atom is -0.491 e. The maximum Gasteiger partial charge on any atom is 0.407 e. The van der Waals surface area contributed by atoms with E-state index in [2.05, 4.69) is 22.5 Å². The van der Waals surface area contributed by atoms with E-state index in [-0.39, 0.29) is 47.8 Å². The number of rotatable bonds is 18. The molecule has 1 aromatic heterocycles. The largest absolute Gasteiger partial charge is 0.491 e. The normalized spacial score (nSPS) is 25.4. The van der Waals surface area contributed by atoms with E-state index in [0.717, 1.165) is 84.7 Å². The van der Waals surface area contributed by atoms with Gasteiger partial charge in [0.2, 0.25) is 11.8 Å². The van der Waals surface area contributed by atoms with E-state index >= 15 is 0 Å². The van der Waals surface area contributed by atoms with Crippen LogP contribution in [0.4, 0.5) is 4.79 Å². The third-order valence-corrected chi connectivity index (χ3v) is 12.4. The first-order valence-electron chi connectivity index (χ1n) is 21.7. The molecule has 0 aromatic carbocycles. The van der Waals surface area contributed by atoms with Gasteiger partial charge >= 0.3 is 6.09 Å². The van der Waals surface area contributed by atoms with Gasteiger partial charge in [0.05, 0.1) is 68.8 Å². The van der Waals surface area contributed by atoms with Crippen LogP contribution in [-0.2, 0) is 33.3 Å². The molecular weight excluding hydrogens is 769 g/mol. The van der Waals surface area contributed by atoms with Gasteiger partial charge in [-0.15, -0.1) is 0 Å². The Kier molecular flexibility index (Phi) is 15.8. The van der Waals surface area contributed by atoms with Crippen molar-refractivity contribution >= 4 is 35.4 Å². The second-order valence-electron chi connectivity index (χ2n) is 17.0. The summed E-state index contributed by atoms with van der Waals surface area (Å²) in [6, 6.07) is -1.56. The van der Waals surface area contributed by atoms with Crippen LogP contribution in [0.1, 0.15) is 96.6 Å². The number of ether oxygens (including phenoxy) is 5. The Bertz CT molecular complexity index is 1830. The molecule has 0 saturated carbocycles. The molecule has 0 bridgehead atoms. The number of hydrogen-bond donors (Lipinski definition) is 3. The number of amides is 3. The lowest BCUT2D eigenvalue weighted by Crippen LogP contribution is -2.54. The van der Waals surface area contributed by atoms with Gasteiger partial charge in [-0.3, -0.25) is 19.6 Å². The predicted molar refractivity (Wildman–Crippen MR) is 228 cm³/mol. The number of aromatic nitrogens is 2. The van der Waals surface area contributed by atoms with Crippen molar-refractivity contribution in [3.05, 3.63) is 46.8 Å². The molecule has 16 heteroatoms. The first kappa shape index (κ1) is 45.2. The quantitative estimate of drug-likeness (QED) is 0.174. The SMILES string of the molecule is COCCOC1=C(C2=CCC(C3=NC(C4CCCN4C(=O)C(NC(=O)OC)C(C)C)N=C3)CC2OCCOC)CCC(c2cnc(C3CCCN3C(=O)C(N)C(C)C)[nH]2)=C1. The van der Waals surface area contributed by atoms with Crippen molar-refractivity contribution in [1.82, 2.24) is 25.1 Å². The fourth-order valence-electron chi connectivity index (χ4n) is 8.92. The van der Waals surface area contributed by atoms with Crippen LogP contribution in [0.25, 0.3) is 5.57 Å². The fraction of sp³-hybridized carbons (Fsp3) is 0.682. The molecule has 330 valence electrons. The third kappa shape index (κ3) is 10.4. The number of aliphatic imine (C=N–C) groups is 2. The molecule has 1 aromatic rings. The summed E-state index contributed by atoms with van der Waals surface area (Å²) in [6.07, 6.45) is 13.2. The van der Waals surface area contributed by atoms with Crippen molar-refractivity contribution in [2.45, 2.75) is 115 Å². The van der Waals surface area contributed by atoms with Crippen molar-refractivity contribution < 1.29 is 38.1 Å². The number of nitrogens with zero attached hydrogens (tertiary/aromatic N) is 5. The molecule has 2 fully saturated rings. The second kappa shape index (κ2) is 20.9. The van der Waals surface area contributed by atoms with Crippen LogP contribution < -0.4 is 11.1 Å². The topological polar surface area (TPSA) is 195 Å². The van der Waals surface area contributed by atoms with Crippen LogP contribution >= 0.6 is 0 Å². The Morgan fingerprint density at radius 3 is 2.43 bits per heavy atom. The first-order valence-corrected chi connectivity index (χ1v) is 21.7. The maximum atomic E-state index is 13.8. The fourth-order valence-corrected chi connectivity index (χ4v) is 8.92. The number of alkyl carbamates (subject to hydrolysis) is 1. The number of likely N-dealkylation sites (tertiary alicyclic amines) is 2. The Labute approximate surface area is 354 Å². The van der Waals surface area contributed by atoms with Gasteiger partial charge in [0.15, 0.2) is 6.17 Å². The lowest BCUT2D eigenvalue weighted by Gasteiger charge is -2.33. The summed E-state index contributed by atoms with van der Waals surface area (Å²) in [5.74, 6) is 1.40. The highest BCUT2D eigenvalue weighted by Gasteiger charge is 2.41. The smallest absolute Gasteiger partial charge is 0.407 e. The summed E-state index contributed by atoms with van der Waals surface area (Å²) in [4.78, 5) is 61.1. The number of nitrogens with one attached hydrogen (secondary N) is 2. The predicted octanol–water partition coefficient (Wildman–Crippen LogP) is 4.74. The highest BCUT2D eigenvalue weighted by molar-refractivity contribution is 6.32. The Balaban J connectivity index is 1.22. The van der Waals surface area contributed by atoms with Gasteiger partial charge in [-0.25, -0.2) is 9.78 Å². The molecule has 4 heterocycles. The number of carbonyl (C=O) groups is 3. The van der Waals surface area contributed by atoms with Gasteiger partial charge in [-0.2, -0.15) is 0 Å². The number of allylic oxidation sites excluding steroid dienone is 3. The number of methoxy groups -OCH3 is 3. The zero-order valence-electron chi connectivity index (χ0n) is 36.5. The monoisotopic (exact) mass is 835 g/mol. The summed E-state index contributed by atoms with van der Waals surface area (Å²) in [7, 11) is 4.62. The second-order valence-corrected chi connectivity index (χ2v) is 17.0. The minimum atomic E-state index is -0.701. The lowest BCUT2D eigenvalue weighted by atomic mass is 9.79. The van der Waals surface area contributed by atoms with Gasteiger partial charge in [0.25, 0.3) is 0 Å². The van der Waals surface area contributed by atoms with Crippen LogP contribution in [0.15, 0.2) is 45.2 Å². The molecule has 6 rings (SSSR count). The molecule has 2 saturated heterocycles. The number of carbonyl (C=O) groups excluding carboxylic acids is 3. The summed E-state index contributed by atoms with van der Waals surface area (Å²) in [6.45, 7) is 10.7. The number of H-pyrrole nitrogens is 1. The van der Waals surface area contributed by atoms with Crippen molar-refractivity contribution in [1.29, 1.82) is 0 Å². The van der Waals surface area contributed by atoms with Crippen LogP contribution in [0, 0.1) is 17.8 Å². The van der Waals surface area contributed by atoms with Crippen LogP contribution in [-0.4, -0.2) is 141 Å². The summed E-state index contributed by atoms with van der Waals surface area (Å²) >= 11 is 0. The molecule has 16 nitrogen and oxygen atoms in total. The Hall–Kier alpha value is -4.38. The standard InChI is InChI=1S/C44H66N8O8/c1-26(2)38(45)42(53)51-16-8-10-34(51)40-46-24-32(48-40)28-12-14-30(36(22-28)59-20-18-56-5)31-15-13-29(23-37(31)60-21-19-57-6)33-25-47-41(49-33)35-11-9-17-52(35)43(54)39(27(3)4)50-44(55)58-7/h15,22,24-27,29,34-35,37-39,41H,8-14,16-21,23,45H2,1-7H3,(H,46,48)(H,50,55). The Morgan fingerprint density at radius 2 is 1.70 bits per heavy atom. The van der Waals surface area contributed by atoms with Crippen molar-refractivity contribution in [2.24, 2.45) is 33.5 Å². The summed E-state index contributed by atoms with van der Waals surface area (Å²) < 4.78 is 28.6. The van der Waals surface area contributed by atoms with Gasteiger partial charge in [0.1, 0.15) is 24.2 Å². The van der Waals surface area contributed by atoms with Crippen LogP contribution in [0.5, 0.6) is 0 Å². The highest BCUT2D eigenvalue weighted by atomic mass is 16.5. The molecule has 7 unspecified atom stereocenters. The average molecular weight is 835 g/mol. The highest BCUT2D eigenvalue weighted by Crippen LogP contribution is 2.41. The molecule has 0 radical (unpaired) electrons. The number of aromatic amines is 1. The van der Waals surface area contributed by atoms with E-state index < -0.39 is 24.3 Å². The number of hydrogen-bond acceptors (Lipinski definition) is 12. The number of imidazole rings is 1. The average Bonchev–Trinajstić information content (AvgIpc) is 4.09. The minimum absolute atomic E-state index is 0.0281. The van der Waals surface area contributed by atoms with Gasteiger partial charge < -0.3 is 49.5 Å². The molecule has 0 spiro atoms. The van der Waals surface area contributed by atoms with Crippen molar-refractivity contribution in [3.8, 4) is 0 Å². The van der Waals surface area contributed by atoms with Crippen LogP contribution in [0.2, 0.25) is 0 Å². The van der Waals surface area contributed by atoms with E-state index in [9.17, 15) is 14.4 Å². The third-order valence-electron chi connectivity index (χ3n) is 12.4. The Morgan fingerprint density at radius 1 is 0.950 bits per heavy atom. The van der Waals surface area contributed by atoms with E-state index in [1.165, 1.54) is 7.11 Å².